The Morgan fingerprint density at radius 1 is 1.04 bits per heavy atom. The molecule has 0 radical (unpaired) electrons. The first-order chi connectivity index (χ1) is 12.0. The van der Waals surface area contributed by atoms with Gasteiger partial charge in [0.1, 0.15) is 0 Å². The summed E-state index contributed by atoms with van der Waals surface area (Å²) < 4.78 is 0. The van der Waals surface area contributed by atoms with E-state index in [1.807, 2.05) is 24.0 Å². The minimum Gasteiger partial charge on any atom is -0.342 e. The molecule has 2 aliphatic rings. The van der Waals surface area contributed by atoms with Gasteiger partial charge in [-0.3, -0.25) is 9.59 Å². The Bertz CT molecular complexity index is 633. The summed E-state index contributed by atoms with van der Waals surface area (Å²) in [5.74, 6) is 0.529. The van der Waals surface area contributed by atoms with Gasteiger partial charge >= 0.3 is 0 Å². The Morgan fingerprint density at radius 3 is 2.40 bits per heavy atom. The largest absolute Gasteiger partial charge is 0.342 e. The number of carbonyl (C=O) groups excluding carboxylic acids is 2. The standard InChI is InChI=1S/C20H27ClN2O2/c1-14-7-8-17(21)13-18(14)22-19(24)15-9-11-23(12-10-15)20(25)16-5-3-2-4-6-16/h7-8,13,15-16H,2-6,9-12H2,1H3,(H,22,24). The summed E-state index contributed by atoms with van der Waals surface area (Å²) in [6, 6.07) is 5.52. The number of halogens is 1. The number of piperidine rings is 1. The maximum absolute atomic E-state index is 12.6. The van der Waals surface area contributed by atoms with Gasteiger partial charge in [0.15, 0.2) is 0 Å². The molecule has 1 saturated carbocycles. The average Bonchev–Trinajstić information content (AvgIpc) is 2.65. The number of aryl methyl sites for hydroxylation is 1. The van der Waals surface area contributed by atoms with Gasteiger partial charge in [0.05, 0.1) is 0 Å². The van der Waals surface area contributed by atoms with Crippen LogP contribution in [0.1, 0.15) is 50.5 Å². The van der Waals surface area contributed by atoms with Crippen LogP contribution in [0.4, 0.5) is 5.69 Å². The van der Waals surface area contributed by atoms with Crippen LogP contribution in [0.2, 0.25) is 5.02 Å². The van der Waals surface area contributed by atoms with Gasteiger partial charge < -0.3 is 10.2 Å². The van der Waals surface area contributed by atoms with E-state index in [9.17, 15) is 9.59 Å². The van der Waals surface area contributed by atoms with Gasteiger partial charge in [-0.2, -0.15) is 0 Å². The SMILES string of the molecule is Cc1ccc(Cl)cc1NC(=O)C1CCN(C(=O)C2CCCCC2)CC1. The molecular formula is C20H27ClN2O2. The number of hydrogen-bond acceptors (Lipinski definition) is 2. The Hall–Kier alpha value is -1.55. The lowest BCUT2D eigenvalue weighted by atomic mass is 9.87. The van der Waals surface area contributed by atoms with Gasteiger partial charge in [-0.15, -0.1) is 0 Å². The third-order valence-corrected chi connectivity index (χ3v) is 5.82. The van der Waals surface area contributed by atoms with E-state index in [2.05, 4.69) is 5.32 Å². The van der Waals surface area contributed by atoms with Crippen molar-refractivity contribution < 1.29 is 9.59 Å². The van der Waals surface area contributed by atoms with E-state index >= 15 is 0 Å². The minimum atomic E-state index is -0.0335. The first-order valence-corrected chi connectivity index (χ1v) is 9.78. The predicted molar refractivity (Wildman–Crippen MR) is 101 cm³/mol. The maximum atomic E-state index is 12.6. The van der Waals surface area contributed by atoms with Crippen molar-refractivity contribution in [1.82, 2.24) is 4.90 Å². The highest BCUT2D eigenvalue weighted by Gasteiger charge is 2.31. The molecule has 4 nitrogen and oxygen atoms in total. The zero-order valence-corrected chi connectivity index (χ0v) is 15.6. The lowest BCUT2D eigenvalue weighted by molar-refractivity contribution is -0.139. The highest BCUT2D eigenvalue weighted by Crippen LogP contribution is 2.28. The molecule has 0 atom stereocenters. The Labute approximate surface area is 154 Å². The maximum Gasteiger partial charge on any atom is 0.227 e. The molecular weight excluding hydrogens is 336 g/mol. The molecule has 0 aromatic heterocycles. The second-order valence-corrected chi connectivity index (χ2v) is 7.82. The number of anilines is 1. The van der Waals surface area contributed by atoms with Crippen molar-refractivity contribution >= 4 is 29.1 Å². The molecule has 25 heavy (non-hydrogen) atoms. The summed E-state index contributed by atoms with van der Waals surface area (Å²) in [4.78, 5) is 27.1. The zero-order chi connectivity index (χ0) is 17.8. The van der Waals surface area contributed by atoms with Crippen LogP contribution in [-0.4, -0.2) is 29.8 Å². The third kappa shape index (κ3) is 4.55. The van der Waals surface area contributed by atoms with Gasteiger partial charge in [0.25, 0.3) is 0 Å². The van der Waals surface area contributed by atoms with E-state index in [1.54, 1.807) is 6.07 Å². The summed E-state index contributed by atoms with van der Waals surface area (Å²) in [5.41, 5.74) is 1.78. The number of hydrogen-bond donors (Lipinski definition) is 1. The quantitative estimate of drug-likeness (QED) is 0.866. The number of likely N-dealkylation sites (tertiary alicyclic amines) is 1. The lowest BCUT2D eigenvalue weighted by Gasteiger charge is -2.34. The van der Waals surface area contributed by atoms with Crippen LogP contribution >= 0.6 is 11.6 Å². The second-order valence-electron chi connectivity index (χ2n) is 7.38. The second kappa shape index (κ2) is 8.22. The van der Waals surface area contributed by atoms with Crippen molar-refractivity contribution in [3.05, 3.63) is 28.8 Å². The first-order valence-electron chi connectivity index (χ1n) is 9.40. The smallest absolute Gasteiger partial charge is 0.227 e. The molecule has 1 heterocycles. The van der Waals surface area contributed by atoms with Crippen molar-refractivity contribution in [1.29, 1.82) is 0 Å². The Balaban J connectivity index is 1.52. The van der Waals surface area contributed by atoms with Crippen LogP contribution in [0.5, 0.6) is 0 Å². The fraction of sp³-hybridized carbons (Fsp3) is 0.600. The van der Waals surface area contributed by atoms with Crippen LogP contribution in [0.15, 0.2) is 18.2 Å². The van der Waals surface area contributed by atoms with Crippen LogP contribution < -0.4 is 5.32 Å². The van der Waals surface area contributed by atoms with Gasteiger partial charge in [-0.05, 0) is 50.3 Å². The van der Waals surface area contributed by atoms with E-state index in [-0.39, 0.29) is 17.7 Å². The molecule has 1 N–H and O–H groups in total. The van der Waals surface area contributed by atoms with E-state index in [4.69, 9.17) is 11.6 Å². The summed E-state index contributed by atoms with van der Waals surface area (Å²) in [6.07, 6.45) is 7.16. The van der Waals surface area contributed by atoms with E-state index in [1.165, 1.54) is 19.3 Å². The molecule has 136 valence electrons. The predicted octanol–water partition coefficient (Wildman–Crippen LogP) is 4.41. The molecule has 1 aromatic rings. The number of rotatable bonds is 3. The molecule has 0 bridgehead atoms. The number of carbonyl (C=O) groups is 2. The molecule has 1 aliphatic carbocycles. The van der Waals surface area contributed by atoms with Crippen molar-refractivity contribution in [2.24, 2.45) is 11.8 Å². The summed E-state index contributed by atoms with van der Waals surface area (Å²) >= 11 is 6.02. The van der Waals surface area contributed by atoms with E-state index in [0.29, 0.717) is 24.0 Å². The Morgan fingerprint density at radius 2 is 1.72 bits per heavy atom. The van der Waals surface area contributed by atoms with Crippen LogP contribution in [-0.2, 0) is 9.59 Å². The fourth-order valence-electron chi connectivity index (χ4n) is 3.93. The van der Waals surface area contributed by atoms with Crippen molar-refractivity contribution in [3.63, 3.8) is 0 Å². The molecule has 2 amide bonds. The highest BCUT2D eigenvalue weighted by molar-refractivity contribution is 6.31. The van der Waals surface area contributed by atoms with Crippen molar-refractivity contribution in [2.75, 3.05) is 18.4 Å². The highest BCUT2D eigenvalue weighted by atomic mass is 35.5. The average molecular weight is 363 g/mol. The normalized spacial score (nSPS) is 19.7. The molecule has 1 aliphatic heterocycles. The van der Waals surface area contributed by atoms with E-state index in [0.717, 1.165) is 36.9 Å². The number of nitrogens with one attached hydrogen (secondary N) is 1. The molecule has 1 saturated heterocycles. The monoisotopic (exact) mass is 362 g/mol. The van der Waals surface area contributed by atoms with Crippen LogP contribution in [0.3, 0.4) is 0 Å². The summed E-state index contributed by atoms with van der Waals surface area (Å²) in [7, 11) is 0. The zero-order valence-electron chi connectivity index (χ0n) is 14.9. The van der Waals surface area contributed by atoms with Gasteiger partial charge in [-0.25, -0.2) is 0 Å². The number of amides is 2. The van der Waals surface area contributed by atoms with Gasteiger partial charge in [-0.1, -0.05) is 36.9 Å². The van der Waals surface area contributed by atoms with Crippen LogP contribution in [0, 0.1) is 18.8 Å². The molecule has 0 unspecified atom stereocenters. The van der Waals surface area contributed by atoms with Crippen molar-refractivity contribution in [2.45, 2.75) is 51.9 Å². The third-order valence-electron chi connectivity index (χ3n) is 5.59. The summed E-state index contributed by atoms with van der Waals surface area (Å²) in [5, 5.41) is 3.62. The fourth-order valence-corrected chi connectivity index (χ4v) is 4.11. The number of nitrogens with zero attached hydrogens (tertiary/aromatic N) is 1. The summed E-state index contributed by atoms with van der Waals surface area (Å²) in [6.45, 7) is 3.35. The topological polar surface area (TPSA) is 49.4 Å². The molecule has 3 rings (SSSR count). The first kappa shape index (κ1) is 18.2. The van der Waals surface area contributed by atoms with E-state index < -0.39 is 0 Å². The van der Waals surface area contributed by atoms with Gasteiger partial charge in [0.2, 0.25) is 11.8 Å². The molecule has 2 fully saturated rings. The molecule has 0 spiro atoms. The molecule has 1 aromatic carbocycles. The minimum absolute atomic E-state index is 0.0335. The van der Waals surface area contributed by atoms with Gasteiger partial charge in [0, 0.05) is 35.6 Å². The van der Waals surface area contributed by atoms with Crippen LogP contribution in [0.25, 0.3) is 0 Å². The lowest BCUT2D eigenvalue weighted by Crippen LogP contribution is -2.44. The number of benzene rings is 1. The Kier molecular flexibility index (Phi) is 6.00. The van der Waals surface area contributed by atoms with Crippen molar-refractivity contribution in [3.8, 4) is 0 Å². The molecule has 5 heteroatoms.